The summed E-state index contributed by atoms with van der Waals surface area (Å²) in [5, 5.41) is 6.18. The van der Waals surface area contributed by atoms with Gasteiger partial charge >= 0.3 is 0 Å². The van der Waals surface area contributed by atoms with Crippen LogP contribution in [0.25, 0.3) is 5.52 Å². The first-order chi connectivity index (χ1) is 12.4. The lowest BCUT2D eigenvalue weighted by Crippen LogP contribution is -2.30. The Morgan fingerprint density at radius 3 is 2.62 bits per heavy atom. The Labute approximate surface area is 156 Å². The van der Waals surface area contributed by atoms with E-state index in [0.717, 1.165) is 5.56 Å². The minimum Gasteiger partial charge on any atom is -0.348 e. The molecule has 0 atom stereocenters. The highest BCUT2D eigenvalue weighted by atomic mass is 35.5. The van der Waals surface area contributed by atoms with Crippen LogP contribution in [0.3, 0.4) is 0 Å². The predicted molar refractivity (Wildman–Crippen MR) is 102 cm³/mol. The number of anilines is 1. The van der Waals surface area contributed by atoms with Crippen molar-refractivity contribution in [1.29, 1.82) is 0 Å². The standard InChI is InChI=1S/C19H19ClN4O2/c1-11(2)21-18(25)16-15-9-4-5-10-24(15)17(23-16)19(26)22-14-8-6-7-13(20)12(14)3/h4-11H,1-3H3,(H,21,25)(H,22,26). The Morgan fingerprint density at radius 1 is 1.12 bits per heavy atom. The summed E-state index contributed by atoms with van der Waals surface area (Å²) < 4.78 is 1.60. The second-order valence-corrected chi connectivity index (χ2v) is 6.64. The number of carbonyl (C=O) groups is 2. The van der Waals surface area contributed by atoms with E-state index in [1.54, 1.807) is 47.0 Å². The van der Waals surface area contributed by atoms with Crippen molar-refractivity contribution in [1.82, 2.24) is 14.7 Å². The molecule has 0 aliphatic carbocycles. The van der Waals surface area contributed by atoms with Crippen molar-refractivity contribution in [3.63, 3.8) is 0 Å². The zero-order chi connectivity index (χ0) is 18.8. The van der Waals surface area contributed by atoms with E-state index in [9.17, 15) is 9.59 Å². The van der Waals surface area contributed by atoms with Crippen molar-refractivity contribution in [3.05, 3.63) is 64.7 Å². The molecule has 0 fully saturated rings. The number of carbonyl (C=O) groups excluding carboxylic acids is 2. The second kappa shape index (κ2) is 7.17. The van der Waals surface area contributed by atoms with Crippen LogP contribution < -0.4 is 10.6 Å². The minimum absolute atomic E-state index is 0.0330. The number of rotatable bonds is 4. The van der Waals surface area contributed by atoms with Crippen LogP contribution in [-0.4, -0.2) is 27.2 Å². The van der Waals surface area contributed by atoms with Crippen molar-refractivity contribution < 1.29 is 9.59 Å². The van der Waals surface area contributed by atoms with Crippen molar-refractivity contribution in [3.8, 4) is 0 Å². The summed E-state index contributed by atoms with van der Waals surface area (Å²) in [5.74, 6) is -0.601. The monoisotopic (exact) mass is 370 g/mol. The first kappa shape index (κ1) is 17.9. The number of amides is 2. The van der Waals surface area contributed by atoms with E-state index >= 15 is 0 Å². The van der Waals surface area contributed by atoms with E-state index in [1.807, 2.05) is 20.8 Å². The van der Waals surface area contributed by atoms with Crippen LogP contribution >= 0.6 is 11.6 Å². The number of benzene rings is 1. The van der Waals surface area contributed by atoms with E-state index in [1.165, 1.54) is 0 Å². The summed E-state index contributed by atoms with van der Waals surface area (Å²) in [6.45, 7) is 5.56. The van der Waals surface area contributed by atoms with Crippen LogP contribution in [0.15, 0.2) is 42.6 Å². The molecular formula is C19H19ClN4O2. The van der Waals surface area contributed by atoms with Gasteiger partial charge in [0.15, 0.2) is 5.69 Å². The smallest absolute Gasteiger partial charge is 0.292 e. The summed E-state index contributed by atoms with van der Waals surface area (Å²) in [6.07, 6.45) is 1.70. The number of imidazole rings is 1. The van der Waals surface area contributed by atoms with E-state index in [-0.39, 0.29) is 23.5 Å². The molecule has 0 saturated carbocycles. The molecule has 134 valence electrons. The van der Waals surface area contributed by atoms with Gasteiger partial charge in [-0.05, 0) is 50.6 Å². The molecule has 2 amide bonds. The molecule has 0 radical (unpaired) electrons. The number of nitrogens with one attached hydrogen (secondary N) is 2. The fourth-order valence-corrected chi connectivity index (χ4v) is 2.79. The lowest BCUT2D eigenvalue weighted by molar-refractivity contribution is 0.0940. The van der Waals surface area contributed by atoms with Gasteiger partial charge in [-0.15, -0.1) is 0 Å². The SMILES string of the molecule is Cc1c(Cl)cccc1NC(=O)c1nc(C(=O)NC(C)C)c2ccccn12. The summed E-state index contributed by atoms with van der Waals surface area (Å²) >= 11 is 6.11. The molecule has 2 heterocycles. The fourth-order valence-electron chi connectivity index (χ4n) is 2.62. The molecule has 0 saturated heterocycles. The van der Waals surface area contributed by atoms with Gasteiger partial charge in [-0.3, -0.25) is 14.0 Å². The molecule has 0 aliphatic heterocycles. The first-order valence-electron chi connectivity index (χ1n) is 8.23. The average molecular weight is 371 g/mol. The van der Waals surface area contributed by atoms with Crippen molar-refractivity contribution in [2.45, 2.75) is 26.8 Å². The molecule has 0 spiro atoms. The van der Waals surface area contributed by atoms with Gasteiger partial charge < -0.3 is 10.6 Å². The number of fused-ring (bicyclic) bond motifs is 1. The van der Waals surface area contributed by atoms with Gasteiger partial charge in [-0.25, -0.2) is 4.98 Å². The molecule has 7 heteroatoms. The summed E-state index contributed by atoms with van der Waals surface area (Å²) in [4.78, 5) is 29.5. The fraction of sp³-hybridized carbons (Fsp3) is 0.211. The van der Waals surface area contributed by atoms with E-state index in [4.69, 9.17) is 11.6 Å². The van der Waals surface area contributed by atoms with Crippen LogP contribution in [0, 0.1) is 6.92 Å². The molecule has 3 aromatic rings. The number of aromatic nitrogens is 2. The van der Waals surface area contributed by atoms with Gasteiger partial charge in [-0.1, -0.05) is 23.7 Å². The molecule has 1 aromatic carbocycles. The summed E-state index contributed by atoms with van der Waals surface area (Å²) in [7, 11) is 0. The Morgan fingerprint density at radius 2 is 1.88 bits per heavy atom. The molecule has 26 heavy (non-hydrogen) atoms. The van der Waals surface area contributed by atoms with Gasteiger partial charge in [0.2, 0.25) is 5.82 Å². The molecule has 2 N–H and O–H groups in total. The van der Waals surface area contributed by atoms with Gasteiger partial charge in [0, 0.05) is 22.9 Å². The Kier molecular flexibility index (Phi) is 4.95. The van der Waals surface area contributed by atoms with Crippen LogP contribution in [0.2, 0.25) is 5.02 Å². The van der Waals surface area contributed by atoms with Gasteiger partial charge in [0.05, 0.1) is 5.52 Å². The van der Waals surface area contributed by atoms with Gasteiger partial charge in [0.25, 0.3) is 11.8 Å². The molecule has 0 bridgehead atoms. The Hall–Kier alpha value is -2.86. The maximum atomic E-state index is 12.8. The number of nitrogens with zero attached hydrogens (tertiary/aromatic N) is 2. The van der Waals surface area contributed by atoms with Crippen LogP contribution in [0.4, 0.5) is 5.69 Å². The highest BCUT2D eigenvalue weighted by molar-refractivity contribution is 6.31. The lowest BCUT2D eigenvalue weighted by atomic mass is 10.2. The number of halogens is 1. The average Bonchev–Trinajstić information content (AvgIpc) is 2.98. The predicted octanol–water partition coefficient (Wildman–Crippen LogP) is 3.69. The van der Waals surface area contributed by atoms with E-state index in [0.29, 0.717) is 16.2 Å². The van der Waals surface area contributed by atoms with Gasteiger partial charge in [0.1, 0.15) is 0 Å². The summed E-state index contributed by atoms with van der Waals surface area (Å²) in [5.41, 5.74) is 2.15. The van der Waals surface area contributed by atoms with E-state index in [2.05, 4.69) is 15.6 Å². The van der Waals surface area contributed by atoms with Crippen molar-refractivity contribution >= 4 is 34.6 Å². The number of hydrogen-bond donors (Lipinski definition) is 2. The van der Waals surface area contributed by atoms with Crippen molar-refractivity contribution in [2.75, 3.05) is 5.32 Å². The molecule has 2 aromatic heterocycles. The largest absolute Gasteiger partial charge is 0.348 e. The minimum atomic E-state index is -0.417. The van der Waals surface area contributed by atoms with Gasteiger partial charge in [-0.2, -0.15) is 0 Å². The quantitative estimate of drug-likeness (QED) is 0.735. The normalized spacial score (nSPS) is 11.0. The van der Waals surface area contributed by atoms with Crippen molar-refractivity contribution in [2.24, 2.45) is 0 Å². The van der Waals surface area contributed by atoms with Crippen LogP contribution in [0.5, 0.6) is 0 Å². The van der Waals surface area contributed by atoms with E-state index < -0.39 is 5.91 Å². The number of pyridine rings is 1. The molecule has 3 rings (SSSR count). The first-order valence-corrected chi connectivity index (χ1v) is 8.60. The third kappa shape index (κ3) is 3.41. The van der Waals surface area contributed by atoms with Crippen LogP contribution in [0.1, 0.15) is 40.5 Å². The third-order valence-electron chi connectivity index (χ3n) is 3.90. The second-order valence-electron chi connectivity index (χ2n) is 6.23. The highest BCUT2D eigenvalue weighted by Gasteiger charge is 2.22. The topological polar surface area (TPSA) is 75.5 Å². The zero-order valence-electron chi connectivity index (χ0n) is 14.7. The van der Waals surface area contributed by atoms with Crippen LogP contribution in [-0.2, 0) is 0 Å². The molecule has 0 aliphatic rings. The maximum absolute atomic E-state index is 12.8. The zero-order valence-corrected chi connectivity index (χ0v) is 15.5. The third-order valence-corrected chi connectivity index (χ3v) is 4.31. The Bertz CT molecular complexity index is 994. The highest BCUT2D eigenvalue weighted by Crippen LogP contribution is 2.23. The maximum Gasteiger partial charge on any atom is 0.292 e. The number of hydrogen-bond acceptors (Lipinski definition) is 3. The summed E-state index contributed by atoms with van der Waals surface area (Å²) in [6, 6.07) is 10.6. The Balaban J connectivity index is 2.01. The molecular weight excluding hydrogens is 352 g/mol. The molecule has 0 unspecified atom stereocenters. The molecule has 6 nitrogen and oxygen atoms in total. The lowest BCUT2D eigenvalue weighted by Gasteiger charge is -2.08.